The number of rotatable bonds is 0. The minimum Gasteiger partial charge on any atom is -0.158 e. The second kappa shape index (κ2) is 1.45. The van der Waals surface area contributed by atoms with Gasteiger partial charge in [0.1, 0.15) is 0 Å². The fourth-order valence-corrected chi connectivity index (χ4v) is 1.44. The average molecular weight is 102 g/mol. The largest absolute Gasteiger partial charge is 0.158 e. The Bertz CT molecular complexity index is 43.9. The van der Waals surface area contributed by atoms with Crippen LogP contribution < -0.4 is 0 Å². The molecule has 1 rings (SSSR count). The van der Waals surface area contributed by atoms with Gasteiger partial charge in [0, 0.05) is 5.25 Å². The first-order chi connectivity index (χ1) is 2.80. The van der Waals surface area contributed by atoms with E-state index in [0.29, 0.717) is 0 Å². The summed E-state index contributed by atoms with van der Waals surface area (Å²) in [6.07, 6.45) is 0. The Hall–Kier alpha value is 0.350. The van der Waals surface area contributed by atoms with Crippen molar-refractivity contribution >= 4 is 11.8 Å². The standard InChI is InChI=1S/C5H10S/c1-4-3-6-5(4)2/h4-5H,3H2,1-2H3/t4-,5+/m0/s1. The molecule has 36 valence electrons. The van der Waals surface area contributed by atoms with Gasteiger partial charge in [0.25, 0.3) is 0 Å². The van der Waals surface area contributed by atoms with E-state index < -0.39 is 0 Å². The van der Waals surface area contributed by atoms with Crippen molar-refractivity contribution in [1.29, 1.82) is 0 Å². The van der Waals surface area contributed by atoms with Crippen LogP contribution in [0.2, 0.25) is 0 Å². The summed E-state index contributed by atoms with van der Waals surface area (Å²) < 4.78 is 0. The van der Waals surface area contributed by atoms with E-state index in [1.165, 1.54) is 5.75 Å². The molecule has 0 aliphatic carbocycles. The monoisotopic (exact) mass is 102 g/mol. The van der Waals surface area contributed by atoms with Gasteiger partial charge in [-0.2, -0.15) is 11.8 Å². The number of hydrogen-bond acceptors (Lipinski definition) is 1. The smallest absolute Gasteiger partial charge is 0.00523 e. The Morgan fingerprint density at radius 3 is 2.00 bits per heavy atom. The van der Waals surface area contributed by atoms with Gasteiger partial charge in [-0.3, -0.25) is 0 Å². The van der Waals surface area contributed by atoms with Gasteiger partial charge < -0.3 is 0 Å². The highest BCUT2D eigenvalue weighted by Crippen LogP contribution is 2.32. The first kappa shape index (κ1) is 4.51. The molecule has 0 amide bonds. The van der Waals surface area contributed by atoms with Gasteiger partial charge in [-0.05, 0) is 11.7 Å². The van der Waals surface area contributed by atoms with Crippen LogP contribution in [-0.4, -0.2) is 11.0 Å². The van der Waals surface area contributed by atoms with Crippen molar-refractivity contribution in [2.45, 2.75) is 19.1 Å². The van der Waals surface area contributed by atoms with Gasteiger partial charge in [0.15, 0.2) is 0 Å². The Kier molecular flexibility index (Phi) is 1.09. The van der Waals surface area contributed by atoms with Crippen LogP contribution in [-0.2, 0) is 0 Å². The lowest BCUT2D eigenvalue weighted by atomic mass is 10.1. The highest BCUT2D eigenvalue weighted by molar-refractivity contribution is 8.01. The van der Waals surface area contributed by atoms with Crippen molar-refractivity contribution in [2.24, 2.45) is 5.92 Å². The molecular weight excluding hydrogens is 92.1 g/mol. The summed E-state index contributed by atoms with van der Waals surface area (Å²) in [5.74, 6) is 2.39. The zero-order valence-electron chi connectivity index (χ0n) is 4.27. The molecule has 1 saturated heterocycles. The second-order valence-corrected chi connectivity index (χ2v) is 3.43. The maximum atomic E-state index is 2.31. The Morgan fingerprint density at radius 2 is 2.00 bits per heavy atom. The van der Waals surface area contributed by atoms with E-state index in [1.54, 1.807) is 0 Å². The normalized spacial score (nSPS) is 45.0. The van der Waals surface area contributed by atoms with Crippen LogP contribution in [0.4, 0.5) is 0 Å². The summed E-state index contributed by atoms with van der Waals surface area (Å²) in [6.45, 7) is 4.60. The molecule has 0 spiro atoms. The van der Waals surface area contributed by atoms with Gasteiger partial charge in [-0.15, -0.1) is 0 Å². The molecule has 0 nitrogen and oxygen atoms in total. The maximum absolute atomic E-state index is 2.31. The van der Waals surface area contributed by atoms with Crippen LogP contribution in [0.25, 0.3) is 0 Å². The van der Waals surface area contributed by atoms with Crippen molar-refractivity contribution in [3.63, 3.8) is 0 Å². The average Bonchev–Trinajstić information content (AvgIpc) is 1.61. The van der Waals surface area contributed by atoms with E-state index in [-0.39, 0.29) is 0 Å². The van der Waals surface area contributed by atoms with Crippen molar-refractivity contribution in [3.05, 3.63) is 0 Å². The Balaban J connectivity index is 2.20. The van der Waals surface area contributed by atoms with Gasteiger partial charge in [-0.25, -0.2) is 0 Å². The van der Waals surface area contributed by atoms with E-state index in [4.69, 9.17) is 0 Å². The maximum Gasteiger partial charge on any atom is 0.00523 e. The third-order valence-electron chi connectivity index (χ3n) is 1.42. The highest BCUT2D eigenvalue weighted by Gasteiger charge is 2.21. The Morgan fingerprint density at radius 1 is 1.50 bits per heavy atom. The third kappa shape index (κ3) is 0.558. The molecule has 0 bridgehead atoms. The minimum atomic E-state index is 0.949. The third-order valence-corrected chi connectivity index (χ3v) is 3.13. The number of thioether (sulfide) groups is 1. The lowest BCUT2D eigenvalue weighted by molar-refractivity contribution is 0.610. The van der Waals surface area contributed by atoms with Crippen LogP contribution in [0, 0.1) is 5.92 Å². The van der Waals surface area contributed by atoms with Crippen LogP contribution in [0.15, 0.2) is 0 Å². The molecule has 2 atom stereocenters. The van der Waals surface area contributed by atoms with Crippen LogP contribution >= 0.6 is 11.8 Å². The molecular formula is C5H10S. The van der Waals surface area contributed by atoms with Crippen molar-refractivity contribution < 1.29 is 0 Å². The first-order valence-electron chi connectivity index (χ1n) is 2.42. The van der Waals surface area contributed by atoms with Gasteiger partial charge >= 0.3 is 0 Å². The van der Waals surface area contributed by atoms with Gasteiger partial charge in [-0.1, -0.05) is 13.8 Å². The van der Waals surface area contributed by atoms with E-state index in [2.05, 4.69) is 25.6 Å². The SMILES string of the molecule is C[C@H]1CS[C@@H]1C. The number of hydrogen-bond donors (Lipinski definition) is 0. The zero-order valence-corrected chi connectivity index (χ0v) is 5.09. The van der Waals surface area contributed by atoms with Crippen LogP contribution in [0.1, 0.15) is 13.8 Å². The molecule has 0 radical (unpaired) electrons. The molecule has 1 heterocycles. The summed E-state index contributed by atoms with van der Waals surface area (Å²) in [6, 6.07) is 0. The summed E-state index contributed by atoms with van der Waals surface area (Å²) in [7, 11) is 0. The predicted octanol–water partition coefficient (Wildman–Crippen LogP) is 1.76. The topological polar surface area (TPSA) is 0 Å². The predicted molar refractivity (Wildman–Crippen MR) is 31.1 cm³/mol. The molecule has 0 unspecified atom stereocenters. The molecule has 0 aromatic carbocycles. The summed E-state index contributed by atoms with van der Waals surface area (Å²) in [4.78, 5) is 0. The molecule has 0 aromatic rings. The van der Waals surface area contributed by atoms with Gasteiger partial charge in [0.05, 0.1) is 0 Å². The molecule has 1 heteroatoms. The first-order valence-corrected chi connectivity index (χ1v) is 3.47. The van der Waals surface area contributed by atoms with Crippen LogP contribution in [0.3, 0.4) is 0 Å². The quantitative estimate of drug-likeness (QED) is 0.449. The molecule has 0 N–H and O–H groups in total. The molecule has 0 saturated carbocycles. The lowest BCUT2D eigenvalue weighted by Crippen LogP contribution is -2.23. The van der Waals surface area contributed by atoms with E-state index in [1.807, 2.05) is 0 Å². The highest BCUT2D eigenvalue weighted by atomic mass is 32.2. The fourth-order valence-electron chi connectivity index (χ4n) is 0.481. The zero-order chi connectivity index (χ0) is 4.57. The molecule has 0 aromatic heterocycles. The van der Waals surface area contributed by atoms with Crippen molar-refractivity contribution in [3.8, 4) is 0 Å². The van der Waals surface area contributed by atoms with E-state index >= 15 is 0 Å². The summed E-state index contributed by atoms with van der Waals surface area (Å²) in [5, 5.41) is 0.949. The fraction of sp³-hybridized carbons (Fsp3) is 1.00. The summed E-state index contributed by atoms with van der Waals surface area (Å²) in [5.41, 5.74) is 0. The Labute approximate surface area is 43.3 Å². The van der Waals surface area contributed by atoms with E-state index in [9.17, 15) is 0 Å². The molecule has 6 heavy (non-hydrogen) atoms. The molecule has 1 fully saturated rings. The van der Waals surface area contributed by atoms with Gasteiger partial charge in [0.2, 0.25) is 0 Å². The minimum absolute atomic E-state index is 0.949. The van der Waals surface area contributed by atoms with Crippen molar-refractivity contribution in [1.82, 2.24) is 0 Å². The molecule has 1 aliphatic rings. The summed E-state index contributed by atoms with van der Waals surface area (Å²) >= 11 is 2.07. The molecule has 1 aliphatic heterocycles. The second-order valence-electron chi connectivity index (χ2n) is 2.02. The van der Waals surface area contributed by atoms with E-state index in [0.717, 1.165) is 11.2 Å². The lowest BCUT2D eigenvalue weighted by Gasteiger charge is -2.29. The van der Waals surface area contributed by atoms with Crippen LogP contribution in [0.5, 0.6) is 0 Å². The van der Waals surface area contributed by atoms with Crippen molar-refractivity contribution in [2.75, 3.05) is 5.75 Å².